The third kappa shape index (κ3) is 2.02. The van der Waals surface area contributed by atoms with Gasteiger partial charge in [0.15, 0.2) is 11.0 Å². The number of hydrogen-bond acceptors (Lipinski definition) is 6. The third-order valence-electron chi connectivity index (χ3n) is 3.04. The first kappa shape index (κ1) is 13.4. The minimum atomic E-state index is -1.62. The van der Waals surface area contributed by atoms with E-state index in [1.54, 1.807) is 0 Å². The van der Waals surface area contributed by atoms with Crippen molar-refractivity contribution in [3.63, 3.8) is 0 Å². The molecule has 0 aromatic carbocycles. The number of nitrogens with one attached hydrogen (secondary N) is 1. The van der Waals surface area contributed by atoms with Crippen LogP contribution in [0.25, 0.3) is 0 Å². The number of ether oxygens (including phenoxy) is 1. The van der Waals surface area contributed by atoms with Crippen molar-refractivity contribution in [3.05, 3.63) is 27.4 Å². The smallest absolute Gasteiger partial charge is 0.251 e. The molecular weight excluding hydrogens is 260 g/mol. The van der Waals surface area contributed by atoms with E-state index in [1.165, 1.54) is 23.8 Å². The number of aliphatic hydroxyl groups excluding tert-OH is 2. The summed E-state index contributed by atoms with van der Waals surface area (Å²) in [7, 11) is 0. The van der Waals surface area contributed by atoms with Gasteiger partial charge in [0.1, 0.15) is 17.8 Å². The van der Waals surface area contributed by atoms with Crippen molar-refractivity contribution in [2.45, 2.75) is 31.0 Å². The summed E-state index contributed by atoms with van der Waals surface area (Å²) in [5.74, 6) is 0. The van der Waals surface area contributed by atoms with Crippen molar-refractivity contribution in [2.75, 3.05) is 6.61 Å². The van der Waals surface area contributed by atoms with Crippen LogP contribution in [-0.2, 0) is 4.74 Å². The maximum absolute atomic E-state index is 11.1. The quantitative estimate of drug-likeness (QED) is 0.510. The summed E-state index contributed by atoms with van der Waals surface area (Å²) < 4.78 is 6.77. The van der Waals surface area contributed by atoms with Gasteiger partial charge in [-0.25, -0.2) is 0 Å². The maximum atomic E-state index is 11.1. The summed E-state index contributed by atoms with van der Waals surface area (Å²) >= 11 is 4.96. The molecule has 0 amide bonds. The Kier molecular flexibility index (Phi) is 3.39. The molecule has 2 rings (SSSR count). The van der Waals surface area contributed by atoms with Crippen LogP contribution in [0.1, 0.15) is 13.2 Å². The first-order valence-electron chi connectivity index (χ1n) is 5.36. The lowest BCUT2D eigenvalue weighted by molar-refractivity contribution is -0.0979. The highest BCUT2D eigenvalue weighted by molar-refractivity contribution is 7.71. The van der Waals surface area contributed by atoms with E-state index in [0.29, 0.717) is 0 Å². The molecule has 1 aliphatic heterocycles. The minimum Gasteiger partial charge on any atom is -0.394 e. The second-order valence-corrected chi connectivity index (χ2v) is 4.78. The number of hydrogen-bond donors (Lipinski definition) is 4. The van der Waals surface area contributed by atoms with Gasteiger partial charge in [-0.15, -0.1) is 0 Å². The van der Waals surface area contributed by atoms with E-state index in [0.717, 1.165) is 0 Å². The van der Waals surface area contributed by atoms with E-state index in [-0.39, 0.29) is 10.3 Å². The largest absolute Gasteiger partial charge is 0.394 e. The van der Waals surface area contributed by atoms with Gasteiger partial charge in [0.25, 0.3) is 5.56 Å². The summed E-state index contributed by atoms with van der Waals surface area (Å²) in [5.41, 5.74) is -1.99. The zero-order chi connectivity index (χ0) is 13.5. The number of rotatable bonds is 2. The number of aromatic nitrogens is 2. The lowest BCUT2D eigenvalue weighted by Gasteiger charge is -2.27. The highest BCUT2D eigenvalue weighted by Gasteiger charge is 2.52. The van der Waals surface area contributed by atoms with Crippen molar-refractivity contribution in [3.8, 4) is 0 Å². The number of nitrogens with zero attached hydrogens (tertiary/aromatic N) is 1. The Labute approximate surface area is 107 Å². The predicted molar refractivity (Wildman–Crippen MR) is 63.5 cm³/mol. The molecule has 0 bridgehead atoms. The van der Waals surface area contributed by atoms with Crippen molar-refractivity contribution >= 4 is 12.2 Å². The van der Waals surface area contributed by atoms with Gasteiger partial charge in [0.2, 0.25) is 0 Å². The second-order valence-electron chi connectivity index (χ2n) is 4.40. The predicted octanol–water partition coefficient (Wildman–Crippen LogP) is -1.09. The Morgan fingerprint density at radius 3 is 2.83 bits per heavy atom. The minimum absolute atomic E-state index is 0.0681. The Morgan fingerprint density at radius 1 is 1.67 bits per heavy atom. The van der Waals surface area contributed by atoms with E-state index in [2.05, 4.69) is 4.98 Å². The van der Waals surface area contributed by atoms with Crippen LogP contribution in [0.4, 0.5) is 0 Å². The van der Waals surface area contributed by atoms with Crippen molar-refractivity contribution in [1.82, 2.24) is 9.55 Å². The highest BCUT2D eigenvalue weighted by Crippen LogP contribution is 2.37. The van der Waals surface area contributed by atoms with Crippen LogP contribution in [0.3, 0.4) is 0 Å². The summed E-state index contributed by atoms with van der Waals surface area (Å²) in [6.45, 7) is 0.954. The Bertz CT molecular complexity index is 552. The van der Waals surface area contributed by atoms with Crippen LogP contribution in [0.15, 0.2) is 17.1 Å². The molecule has 4 N–H and O–H groups in total. The molecule has 18 heavy (non-hydrogen) atoms. The standard InChI is InChI=1S/C10H14N2O5S/c1-10(16)7(15)5(4-13)17-8(10)12-3-2-6(14)11-9(12)18/h2-3,5,7-8,13,15-16H,4H2,1H3,(H,11,14,18). The average Bonchev–Trinajstić information content (AvgIpc) is 2.52. The van der Waals surface area contributed by atoms with E-state index in [9.17, 15) is 15.0 Å². The van der Waals surface area contributed by atoms with Crippen LogP contribution >= 0.6 is 12.2 Å². The normalized spacial score (nSPS) is 35.9. The first-order valence-corrected chi connectivity index (χ1v) is 5.77. The molecule has 0 aliphatic carbocycles. The summed E-state index contributed by atoms with van der Waals surface area (Å²) in [6.07, 6.45) is -1.76. The number of aromatic amines is 1. The molecule has 1 fully saturated rings. The van der Waals surface area contributed by atoms with Gasteiger partial charge in [-0.2, -0.15) is 0 Å². The van der Waals surface area contributed by atoms with Crippen LogP contribution in [0.2, 0.25) is 0 Å². The first-order chi connectivity index (χ1) is 8.37. The summed E-state index contributed by atoms with van der Waals surface area (Å²) in [5, 5.41) is 29.1. The van der Waals surface area contributed by atoms with Crippen LogP contribution < -0.4 is 5.56 Å². The van der Waals surface area contributed by atoms with Gasteiger partial charge in [0.05, 0.1) is 6.61 Å². The van der Waals surface area contributed by atoms with E-state index in [1.807, 2.05) is 0 Å². The zero-order valence-corrected chi connectivity index (χ0v) is 10.4. The molecule has 7 nitrogen and oxygen atoms in total. The Hall–Kier alpha value is -1.06. The second kappa shape index (κ2) is 4.56. The molecule has 0 spiro atoms. The van der Waals surface area contributed by atoms with Gasteiger partial charge < -0.3 is 20.1 Å². The molecule has 0 radical (unpaired) electrons. The molecular formula is C10H14N2O5S. The molecule has 1 aromatic rings. The number of aliphatic hydroxyl groups is 3. The van der Waals surface area contributed by atoms with E-state index >= 15 is 0 Å². The van der Waals surface area contributed by atoms with E-state index < -0.39 is 30.6 Å². The Balaban J connectivity index is 2.45. The fourth-order valence-corrected chi connectivity index (χ4v) is 2.26. The third-order valence-corrected chi connectivity index (χ3v) is 3.35. The maximum Gasteiger partial charge on any atom is 0.251 e. The molecule has 8 heteroatoms. The average molecular weight is 274 g/mol. The molecule has 2 heterocycles. The molecule has 100 valence electrons. The van der Waals surface area contributed by atoms with Gasteiger partial charge >= 0.3 is 0 Å². The lowest BCUT2D eigenvalue weighted by Crippen LogP contribution is -2.44. The van der Waals surface area contributed by atoms with Crippen LogP contribution in [0, 0.1) is 4.77 Å². The molecule has 4 unspecified atom stereocenters. The molecule has 0 saturated carbocycles. The molecule has 4 atom stereocenters. The topological polar surface area (TPSA) is 108 Å². The highest BCUT2D eigenvalue weighted by atomic mass is 32.1. The van der Waals surface area contributed by atoms with Gasteiger partial charge in [-0.05, 0) is 19.1 Å². The fraction of sp³-hybridized carbons (Fsp3) is 0.600. The van der Waals surface area contributed by atoms with Gasteiger partial charge in [0, 0.05) is 12.3 Å². The van der Waals surface area contributed by atoms with Crippen molar-refractivity contribution in [2.24, 2.45) is 0 Å². The zero-order valence-electron chi connectivity index (χ0n) is 9.61. The summed E-state index contributed by atoms with van der Waals surface area (Å²) in [4.78, 5) is 13.5. The monoisotopic (exact) mass is 274 g/mol. The van der Waals surface area contributed by atoms with Crippen molar-refractivity contribution < 1.29 is 20.1 Å². The number of H-pyrrole nitrogens is 1. The van der Waals surface area contributed by atoms with E-state index in [4.69, 9.17) is 22.1 Å². The summed E-state index contributed by atoms with van der Waals surface area (Å²) in [6, 6.07) is 1.23. The van der Waals surface area contributed by atoms with Crippen LogP contribution in [0.5, 0.6) is 0 Å². The fourth-order valence-electron chi connectivity index (χ4n) is 2.00. The lowest BCUT2D eigenvalue weighted by atomic mass is 9.96. The molecule has 1 saturated heterocycles. The van der Waals surface area contributed by atoms with Crippen LogP contribution in [-0.4, -0.2) is 49.3 Å². The molecule has 1 aromatic heterocycles. The van der Waals surface area contributed by atoms with Gasteiger partial charge in [-0.3, -0.25) is 14.3 Å². The Morgan fingerprint density at radius 2 is 2.33 bits per heavy atom. The molecule has 1 aliphatic rings. The SMILES string of the molecule is CC1(O)C(O)C(CO)OC1n1ccc(=O)[nH]c1=S. The van der Waals surface area contributed by atoms with Gasteiger partial charge in [-0.1, -0.05) is 0 Å². The van der Waals surface area contributed by atoms with Crippen molar-refractivity contribution in [1.29, 1.82) is 0 Å².